The van der Waals surface area contributed by atoms with Gasteiger partial charge >= 0.3 is 0 Å². The molecule has 0 aromatic carbocycles. The van der Waals surface area contributed by atoms with Crippen LogP contribution in [0.5, 0.6) is 0 Å². The van der Waals surface area contributed by atoms with Crippen LogP contribution in [0, 0.1) is 5.41 Å². The predicted molar refractivity (Wildman–Crippen MR) is 66.9 cm³/mol. The molecule has 1 aliphatic heterocycles. The number of likely N-dealkylation sites (N-methyl/N-ethyl adjacent to an activating group) is 1. The van der Waals surface area contributed by atoms with E-state index in [-0.39, 0.29) is 11.2 Å². The summed E-state index contributed by atoms with van der Waals surface area (Å²) in [6.07, 6.45) is 2.02. The molecule has 1 atom stereocenters. The maximum Gasteiger partial charge on any atom is 0.214 e. The minimum Gasteiger partial charge on any atom is -0.316 e. The number of nitrogens with one attached hydrogen (secondary N) is 1. The van der Waals surface area contributed by atoms with E-state index >= 15 is 0 Å². The van der Waals surface area contributed by atoms with Gasteiger partial charge in [-0.3, -0.25) is 0 Å². The molecule has 0 spiro atoms. The number of piperidine rings is 1. The van der Waals surface area contributed by atoms with E-state index in [1.165, 1.54) is 0 Å². The second kappa shape index (κ2) is 5.02. The molecule has 4 nitrogen and oxygen atoms in total. The van der Waals surface area contributed by atoms with E-state index in [4.69, 9.17) is 0 Å². The molecule has 0 aliphatic carbocycles. The van der Waals surface area contributed by atoms with Crippen molar-refractivity contribution in [1.82, 2.24) is 9.62 Å². The standard InChI is InChI=1S/C11H24N2O2S/c1-11(2,3)9-16(14,15)13-7-5-6-10(8-13)12-4/h10,12H,5-9H2,1-4H3. The molecule has 1 saturated heterocycles. The van der Waals surface area contributed by atoms with Gasteiger partial charge in [0.2, 0.25) is 10.0 Å². The average Bonchev–Trinajstić information content (AvgIpc) is 2.14. The summed E-state index contributed by atoms with van der Waals surface area (Å²) in [5, 5.41) is 3.16. The molecule has 1 N–H and O–H groups in total. The molecular weight excluding hydrogens is 224 g/mol. The van der Waals surface area contributed by atoms with Crippen LogP contribution >= 0.6 is 0 Å². The molecule has 0 bridgehead atoms. The van der Waals surface area contributed by atoms with Crippen molar-refractivity contribution >= 4 is 10.0 Å². The Kier molecular flexibility index (Phi) is 4.37. The van der Waals surface area contributed by atoms with Crippen LogP contribution in [0.15, 0.2) is 0 Å². The molecule has 0 saturated carbocycles. The highest BCUT2D eigenvalue weighted by molar-refractivity contribution is 7.89. The number of sulfonamides is 1. The minimum absolute atomic E-state index is 0.175. The molecule has 16 heavy (non-hydrogen) atoms. The van der Waals surface area contributed by atoms with Crippen LogP contribution in [0.4, 0.5) is 0 Å². The highest BCUT2D eigenvalue weighted by atomic mass is 32.2. The molecule has 0 aromatic rings. The van der Waals surface area contributed by atoms with Crippen molar-refractivity contribution in [3.05, 3.63) is 0 Å². The lowest BCUT2D eigenvalue weighted by atomic mass is 10.0. The average molecular weight is 248 g/mol. The summed E-state index contributed by atoms with van der Waals surface area (Å²) in [6.45, 7) is 7.18. The van der Waals surface area contributed by atoms with Gasteiger partial charge in [0.25, 0.3) is 0 Å². The predicted octanol–water partition coefficient (Wildman–Crippen LogP) is 1.05. The van der Waals surface area contributed by atoms with E-state index < -0.39 is 10.0 Å². The highest BCUT2D eigenvalue weighted by Crippen LogP contribution is 2.21. The van der Waals surface area contributed by atoms with Gasteiger partial charge in [0, 0.05) is 19.1 Å². The lowest BCUT2D eigenvalue weighted by Crippen LogP contribution is -2.48. The molecule has 5 heteroatoms. The first-order valence-electron chi connectivity index (χ1n) is 5.90. The van der Waals surface area contributed by atoms with Crippen LogP contribution in [-0.4, -0.2) is 44.7 Å². The van der Waals surface area contributed by atoms with Gasteiger partial charge < -0.3 is 5.32 Å². The lowest BCUT2D eigenvalue weighted by molar-refractivity contribution is 0.288. The Balaban J connectivity index is 2.68. The third-order valence-corrected chi connectivity index (χ3v) is 5.15. The molecule has 0 amide bonds. The fourth-order valence-corrected chi connectivity index (χ4v) is 4.16. The normalized spacial score (nSPS) is 24.6. The van der Waals surface area contributed by atoms with Gasteiger partial charge in [0.15, 0.2) is 0 Å². The molecule has 96 valence electrons. The Bertz CT molecular complexity index is 319. The maximum atomic E-state index is 12.2. The van der Waals surface area contributed by atoms with Crippen molar-refractivity contribution in [3.8, 4) is 0 Å². The van der Waals surface area contributed by atoms with E-state index in [0.29, 0.717) is 19.1 Å². The summed E-state index contributed by atoms with van der Waals surface area (Å²) in [7, 11) is -1.20. The van der Waals surface area contributed by atoms with E-state index in [1.807, 2.05) is 27.8 Å². The monoisotopic (exact) mass is 248 g/mol. The van der Waals surface area contributed by atoms with E-state index in [0.717, 1.165) is 12.8 Å². The largest absolute Gasteiger partial charge is 0.316 e. The second-order valence-electron chi connectivity index (χ2n) is 5.80. The van der Waals surface area contributed by atoms with Gasteiger partial charge in [0.1, 0.15) is 0 Å². The van der Waals surface area contributed by atoms with Crippen LogP contribution < -0.4 is 5.32 Å². The van der Waals surface area contributed by atoms with E-state index in [2.05, 4.69) is 5.32 Å². The number of nitrogens with zero attached hydrogens (tertiary/aromatic N) is 1. The Morgan fingerprint density at radius 1 is 1.38 bits per heavy atom. The van der Waals surface area contributed by atoms with Crippen molar-refractivity contribution < 1.29 is 8.42 Å². The van der Waals surface area contributed by atoms with Crippen molar-refractivity contribution in [2.75, 3.05) is 25.9 Å². The Hall–Kier alpha value is -0.130. The molecule has 1 heterocycles. The summed E-state index contributed by atoms with van der Waals surface area (Å²) in [6, 6.07) is 0.309. The molecule has 0 radical (unpaired) electrons. The zero-order valence-corrected chi connectivity index (χ0v) is 11.6. The van der Waals surface area contributed by atoms with Crippen LogP contribution in [0.3, 0.4) is 0 Å². The van der Waals surface area contributed by atoms with Crippen molar-refractivity contribution in [3.63, 3.8) is 0 Å². The van der Waals surface area contributed by atoms with Gasteiger partial charge in [0.05, 0.1) is 5.75 Å². The third kappa shape index (κ3) is 4.03. The molecule has 1 rings (SSSR count). The number of rotatable bonds is 3. The van der Waals surface area contributed by atoms with Gasteiger partial charge in [-0.25, -0.2) is 12.7 Å². The van der Waals surface area contributed by atoms with Crippen LogP contribution in [0.1, 0.15) is 33.6 Å². The number of hydrogen-bond donors (Lipinski definition) is 1. The molecular formula is C11H24N2O2S. The van der Waals surface area contributed by atoms with Gasteiger partial charge in [-0.05, 0) is 25.3 Å². The first kappa shape index (κ1) is 13.9. The summed E-state index contributed by atoms with van der Waals surface area (Å²) >= 11 is 0. The fraction of sp³-hybridized carbons (Fsp3) is 1.00. The van der Waals surface area contributed by atoms with Crippen molar-refractivity contribution in [1.29, 1.82) is 0 Å². The van der Waals surface area contributed by atoms with Crippen molar-refractivity contribution in [2.45, 2.75) is 39.7 Å². The van der Waals surface area contributed by atoms with Gasteiger partial charge in [-0.15, -0.1) is 0 Å². The zero-order chi connectivity index (χ0) is 12.4. The zero-order valence-electron chi connectivity index (χ0n) is 10.8. The molecule has 1 aliphatic rings. The Labute approximate surface area is 99.5 Å². The van der Waals surface area contributed by atoms with E-state index in [9.17, 15) is 8.42 Å². The quantitative estimate of drug-likeness (QED) is 0.812. The first-order chi connectivity index (χ1) is 7.24. The van der Waals surface area contributed by atoms with Gasteiger partial charge in [-0.2, -0.15) is 0 Å². The fourth-order valence-electron chi connectivity index (χ4n) is 2.07. The summed E-state index contributed by atoms with van der Waals surface area (Å²) < 4.78 is 26.0. The van der Waals surface area contributed by atoms with Gasteiger partial charge in [-0.1, -0.05) is 20.8 Å². The molecule has 0 aromatic heterocycles. The smallest absolute Gasteiger partial charge is 0.214 e. The first-order valence-corrected chi connectivity index (χ1v) is 7.50. The van der Waals surface area contributed by atoms with Crippen molar-refractivity contribution in [2.24, 2.45) is 5.41 Å². The molecule has 1 unspecified atom stereocenters. The SMILES string of the molecule is CNC1CCCN(S(=O)(=O)CC(C)(C)C)C1. The second-order valence-corrected chi connectivity index (χ2v) is 7.77. The van der Waals surface area contributed by atoms with Crippen LogP contribution in [0.2, 0.25) is 0 Å². The van der Waals surface area contributed by atoms with Crippen LogP contribution in [-0.2, 0) is 10.0 Å². The molecule has 1 fully saturated rings. The third-order valence-electron chi connectivity index (χ3n) is 2.80. The van der Waals surface area contributed by atoms with E-state index in [1.54, 1.807) is 4.31 Å². The lowest BCUT2D eigenvalue weighted by Gasteiger charge is -2.33. The summed E-state index contributed by atoms with van der Waals surface area (Å²) in [5.41, 5.74) is -0.175. The Morgan fingerprint density at radius 2 is 2.00 bits per heavy atom. The summed E-state index contributed by atoms with van der Waals surface area (Å²) in [5.74, 6) is 0.233. The summed E-state index contributed by atoms with van der Waals surface area (Å²) in [4.78, 5) is 0. The highest BCUT2D eigenvalue weighted by Gasteiger charge is 2.31. The maximum absolute atomic E-state index is 12.2. The number of hydrogen-bond acceptors (Lipinski definition) is 3. The van der Waals surface area contributed by atoms with Crippen LogP contribution in [0.25, 0.3) is 0 Å². The topological polar surface area (TPSA) is 49.4 Å². The minimum atomic E-state index is -3.09. The Morgan fingerprint density at radius 3 is 2.50 bits per heavy atom.